The van der Waals surface area contributed by atoms with Crippen molar-refractivity contribution in [2.24, 2.45) is 0 Å². The van der Waals surface area contributed by atoms with Crippen LogP contribution in [0.25, 0.3) is 21.9 Å². The molecule has 0 atom stereocenters. The minimum atomic E-state index is 0. The molecule has 5 aromatic rings. The molecule has 0 heterocycles. The molecule has 0 aromatic heterocycles. The molecule has 0 aliphatic heterocycles. The molecular formula is C33H40Cl2FeSiZr. The molecule has 202 valence electrons. The van der Waals surface area contributed by atoms with Crippen LogP contribution >= 0.6 is 0 Å². The zero-order valence-corrected chi connectivity index (χ0v) is 29.9. The summed E-state index contributed by atoms with van der Waals surface area (Å²) in [5.74, 6) is 0.593. The van der Waals surface area contributed by atoms with Gasteiger partial charge in [-0.2, -0.15) is 70.1 Å². The molecule has 0 N–H and O–H groups in total. The SMILES string of the molecule is CC(C)c1cc2c(-[c-]3cccc3)cccc2[cH-]1.C[Si]C.Cc1[cH-]c(C)c(C)c1C.[Cl-].[Cl-].[Fe+2].[Zr+4].c1cc[cH-]c1. The fourth-order valence-electron chi connectivity index (χ4n) is 3.85. The zero-order chi connectivity index (χ0) is 25.1. The Hall–Kier alpha value is -0.921. The van der Waals surface area contributed by atoms with Crippen LogP contribution in [-0.4, -0.2) is 9.52 Å². The Morgan fingerprint density at radius 1 is 0.763 bits per heavy atom. The molecule has 5 aromatic carbocycles. The van der Waals surface area contributed by atoms with Gasteiger partial charge in [0.15, 0.2) is 0 Å². The Morgan fingerprint density at radius 3 is 1.63 bits per heavy atom. The van der Waals surface area contributed by atoms with E-state index in [1.807, 2.05) is 30.3 Å². The third kappa shape index (κ3) is 12.5. The molecule has 5 rings (SSSR count). The molecule has 2 radical (unpaired) electrons. The van der Waals surface area contributed by atoms with E-state index in [1.54, 1.807) is 0 Å². The van der Waals surface area contributed by atoms with Gasteiger partial charge in [-0.3, -0.25) is 0 Å². The molecule has 0 fully saturated rings. The largest absolute Gasteiger partial charge is 4.00 e. The molecule has 0 amide bonds. The van der Waals surface area contributed by atoms with Crippen molar-refractivity contribution in [3.05, 3.63) is 119 Å². The van der Waals surface area contributed by atoms with E-state index >= 15 is 0 Å². The summed E-state index contributed by atoms with van der Waals surface area (Å²) in [7, 11) is 1.08. The third-order valence-corrected chi connectivity index (χ3v) is 6.15. The van der Waals surface area contributed by atoms with Crippen LogP contribution < -0.4 is 24.8 Å². The number of fused-ring (bicyclic) bond motifs is 1. The first-order chi connectivity index (χ1) is 16.3. The molecular weight excluding hydrogens is 642 g/mol. The van der Waals surface area contributed by atoms with Gasteiger partial charge in [0.2, 0.25) is 0 Å². The van der Waals surface area contributed by atoms with Gasteiger partial charge in [-0.05, 0) is 5.92 Å². The number of halogens is 2. The van der Waals surface area contributed by atoms with Crippen molar-refractivity contribution in [1.82, 2.24) is 0 Å². The van der Waals surface area contributed by atoms with Crippen molar-refractivity contribution in [1.29, 1.82) is 0 Å². The smallest absolute Gasteiger partial charge is 1.00 e. The molecule has 0 nitrogen and oxygen atoms in total. The molecule has 0 aliphatic rings. The third-order valence-electron chi connectivity index (χ3n) is 6.15. The van der Waals surface area contributed by atoms with Crippen molar-refractivity contribution in [3.8, 4) is 11.1 Å². The Labute approximate surface area is 276 Å². The average Bonchev–Trinajstić information content (AvgIpc) is 3.62. The predicted molar refractivity (Wildman–Crippen MR) is 155 cm³/mol. The van der Waals surface area contributed by atoms with Gasteiger partial charge in [0.1, 0.15) is 0 Å². The van der Waals surface area contributed by atoms with Gasteiger partial charge >= 0.3 is 43.3 Å². The minimum Gasteiger partial charge on any atom is -1.00 e. The summed E-state index contributed by atoms with van der Waals surface area (Å²) < 4.78 is 0. The van der Waals surface area contributed by atoms with Gasteiger partial charge < -0.3 is 24.8 Å². The summed E-state index contributed by atoms with van der Waals surface area (Å²) in [6.07, 6.45) is 0. The summed E-state index contributed by atoms with van der Waals surface area (Å²) in [6.45, 7) is 17.5. The zero-order valence-electron chi connectivity index (χ0n) is 23.8. The maximum Gasteiger partial charge on any atom is 4.00 e. The Bertz CT molecular complexity index is 1180. The second kappa shape index (κ2) is 21.8. The van der Waals surface area contributed by atoms with Gasteiger partial charge in [0, 0.05) is 9.52 Å². The van der Waals surface area contributed by atoms with E-state index in [9.17, 15) is 0 Å². The van der Waals surface area contributed by atoms with E-state index in [2.05, 4.69) is 115 Å². The van der Waals surface area contributed by atoms with Gasteiger partial charge in [-0.25, -0.2) is 12.1 Å². The normalized spacial score (nSPS) is 9.08. The van der Waals surface area contributed by atoms with Crippen molar-refractivity contribution >= 4 is 20.3 Å². The topological polar surface area (TPSA) is 0 Å². The van der Waals surface area contributed by atoms with E-state index in [0.29, 0.717) is 5.92 Å². The summed E-state index contributed by atoms with van der Waals surface area (Å²) in [6, 6.07) is 32.0. The Kier molecular flexibility index (Phi) is 23.9. The van der Waals surface area contributed by atoms with Gasteiger partial charge in [-0.15, -0.1) is 58.5 Å². The summed E-state index contributed by atoms with van der Waals surface area (Å²) in [5, 5.41) is 2.73. The number of hydrogen-bond donors (Lipinski definition) is 0. The van der Waals surface area contributed by atoms with Crippen LogP contribution in [-0.2, 0) is 43.3 Å². The summed E-state index contributed by atoms with van der Waals surface area (Å²) >= 11 is 0. The van der Waals surface area contributed by atoms with Gasteiger partial charge in [0.05, 0.1) is 0 Å². The maximum atomic E-state index is 2.34. The predicted octanol–water partition coefficient (Wildman–Crippen LogP) is 3.90. The fraction of sp³-hybridized carbons (Fsp3) is 0.273. The van der Waals surface area contributed by atoms with Crippen LogP contribution in [0.4, 0.5) is 0 Å². The number of aryl methyl sites for hydroxylation is 2. The first-order valence-corrected chi connectivity index (χ1v) is 14.2. The monoisotopic (exact) mass is 680 g/mol. The quantitative estimate of drug-likeness (QED) is 0.196. The average molecular weight is 683 g/mol. The van der Waals surface area contributed by atoms with E-state index in [1.165, 1.54) is 49.7 Å². The maximum absolute atomic E-state index is 2.34. The standard InChI is InChI=1S/C17H16.C9H13.C5H5.C2H6Si.2ClH.Fe.Zr/c1-12(2)15-10-14-8-5-9-16(17(14)11-15)13-6-3-4-7-13;1-6-5-7(2)9(4)8(6)3;1-2-4-5-3-1;1-3-2;;;;/h3-12H,1-2H3;5H,1-4H3;1-5H;1-2H3;2*1H;;/q-2;2*-1;;;;+2;+4/p-2. The van der Waals surface area contributed by atoms with Crippen LogP contribution in [0.2, 0.25) is 13.1 Å². The van der Waals surface area contributed by atoms with E-state index < -0.39 is 0 Å². The van der Waals surface area contributed by atoms with Crippen molar-refractivity contribution in [2.75, 3.05) is 0 Å². The molecule has 0 saturated heterocycles. The second-order valence-corrected chi connectivity index (χ2v) is 10.1. The van der Waals surface area contributed by atoms with Crippen molar-refractivity contribution < 1.29 is 68.1 Å². The molecule has 5 heteroatoms. The summed E-state index contributed by atoms with van der Waals surface area (Å²) in [5.41, 5.74) is 9.84. The van der Waals surface area contributed by atoms with Crippen LogP contribution in [0.15, 0.2) is 91.0 Å². The Balaban J connectivity index is -0.000000498. The Morgan fingerprint density at radius 2 is 1.26 bits per heavy atom. The second-order valence-electron chi connectivity index (χ2n) is 9.15. The summed E-state index contributed by atoms with van der Waals surface area (Å²) in [4.78, 5) is 0. The molecule has 0 saturated carbocycles. The number of benzene rings is 1. The van der Waals surface area contributed by atoms with Crippen LogP contribution in [0.5, 0.6) is 0 Å². The minimum absolute atomic E-state index is 0. The number of hydrogen-bond acceptors (Lipinski definition) is 0. The van der Waals surface area contributed by atoms with Crippen LogP contribution in [0.1, 0.15) is 47.6 Å². The van der Waals surface area contributed by atoms with Crippen molar-refractivity contribution in [3.63, 3.8) is 0 Å². The molecule has 0 spiro atoms. The molecule has 0 aliphatic carbocycles. The van der Waals surface area contributed by atoms with Gasteiger partial charge in [-0.1, -0.05) is 54.6 Å². The number of rotatable bonds is 2. The van der Waals surface area contributed by atoms with Gasteiger partial charge in [0.25, 0.3) is 0 Å². The van der Waals surface area contributed by atoms with Crippen LogP contribution in [0, 0.1) is 27.7 Å². The first kappa shape index (κ1) is 41.6. The van der Waals surface area contributed by atoms with Crippen LogP contribution in [0.3, 0.4) is 0 Å². The van der Waals surface area contributed by atoms with E-state index in [0.717, 1.165) is 9.52 Å². The first-order valence-electron chi connectivity index (χ1n) is 12.2. The molecule has 38 heavy (non-hydrogen) atoms. The molecule has 0 unspecified atom stereocenters. The van der Waals surface area contributed by atoms with E-state index in [-0.39, 0.29) is 68.1 Å². The fourth-order valence-corrected chi connectivity index (χ4v) is 3.85. The van der Waals surface area contributed by atoms with E-state index in [4.69, 9.17) is 0 Å². The van der Waals surface area contributed by atoms with Crippen molar-refractivity contribution in [2.45, 2.75) is 60.6 Å². The molecule has 0 bridgehead atoms.